The first-order valence-corrected chi connectivity index (χ1v) is 7.70. The summed E-state index contributed by atoms with van der Waals surface area (Å²) < 4.78 is 40.0. The Morgan fingerprint density at radius 1 is 1.22 bits per heavy atom. The number of likely N-dealkylation sites (tertiary alicyclic amines) is 1. The molecule has 128 valence electrons. The van der Waals surface area contributed by atoms with E-state index in [2.05, 4.69) is 23.9 Å². The van der Waals surface area contributed by atoms with E-state index >= 15 is 0 Å². The van der Waals surface area contributed by atoms with Crippen LogP contribution in [0.3, 0.4) is 0 Å². The molecule has 4 nitrogen and oxygen atoms in total. The molecule has 1 fully saturated rings. The molecule has 3 atom stereocenters. The lowest BCUT2D eigenvalue weighted by molar-refractivity contribution is -0.904. The van der Waals surface area contributed by atoms with Crippen LogP contribution in [0.4, 0.5) is 18.9 Å². The summed E-state index contributed by atoms with van der Waals surface area (Å²) in [7, 11) is 0. The van der Waals surface area contributed by atoms with Crippen molar-refractivity contribution in [2.24, 2.45) is 11.8 Å². The average Bonchev–Trinajstić information content (AvgIpc) is 2.38. The van der Waals surface area contributed by atoms with Crippen LogP contribution < -0.4 is 15.0 Å². The lowest BCUT2D eigenvalue weighted by atomic mass is 9.92. The van der Waals surface area contributed by atoms with E-state index in [0.717, 1.165) is 13.1 Å². The van der Waals surface area contributed by atoms with Gasteiger partial charge in [0.15, 0.2) is 6.54 Å². The molecule has 1 aliphatic rings. The molecule has 7 heteroatoms. The van der Waals surface area contributed by atoms with E-state index < -0.39 is 6.36 Å². The normalized spacial score (nSPS) is 25.0. The smallest absolute Gasteiger partial charge is 0.406 e. The summed E-state index contributed by atoms with van der Waals surface area (Å²) in [6.45, 7) is 6.68. The van der Waals surface area contributed by atoms with Gasteiger partial charge in [0.05, 0.1) is 13.1 Å². The van der Waals surface area contributed by atoms with Crippen molar-refractivity contribution in [2.75, 3.05) is 25.0 Å². The third-order valence-electron chi connectivity index (χ3n) is 3.86. The van der Waals surface area contributed by atoms with Gasteiger partial charge in [-0.25, -0.2) is 0 Å². The number of piperidine rings is 1. The van der Waals surface area contributed by atoms with Gasteiger partial charge in [0.1, 0.15) is 5.75 Å². The van der Waals surface area contributed by atoms with Crippen molar-refractivity contribution in [3.05, 3.63) is 24.3 Å². The highest BCUT2D eigenvalue weighted by Gasteiger charge is 2.31. The first kappa shape index (κ1) is 17.6. The number of hydrogen-bond acceptors (Lipinski definition) is 2. The summed E-state index contributed by atoms with van der Waals surface area (Å²) >= 11 is 0. The number of amides is 1. The maximum atomic E-state index is 12.1. The highest BCUT2D eigenvalue weighted by atomic mass is 19.4. The van der Waals surface area contributed by atoms with E-state index in [1.807, 2.05) is 0 Å². The highest BCUT2D eigenvalue weighted by molar-refractivity contribution is 5.91. The van der Waals surface area contributed by atoms with Crippen molar-refractivity contribution in [1.29, 1.82) is 0 Å². The van der Waals surface area contributed by atoms with E-state index in [0.29, 0.717) is 24.1 Å². The number of nitrogens with one attached hydrogen (secondary N) is 2. The molecule has 23 heavy (non-hydrogen) atoms. The fourth-order valence-electron chi connectivity index (χ4n) is 3.24. The molecule has 0 saturated carbocycles. The van der Waals surface area contributed by atoms with Gasteiger partial charge in [0.2, 0.25) is 0 Å². The second-order valence-corrected chi connectivity index (χ2v) is 6.40. The number of halogens is 3. The molecular weight excluding hydrogens is 309 g/mol. The predicted octanol–water partition coefficient (Wildman–Crippen LogP) is 2.08. The summed E-state index contributed by atoms with van der Waals surface area (Å²) in [5.74, 6) is 0.756. The summed E-state index contributed by atoms with van der Waals surface area (Å²) in [6.07, 6.45) is -3.53. The molecule has 0 aliphatic carbocycles. The van der Waals surface area contributed by atoms with Crippen molar-refractivity contribution in [3.8, 4) is 5.75 Å². The largest absolute Gasteiger partial charge is 0.573 e. The molecule has 0 spiro atoms. The number of carbonyl (C=O) groups is 1. The van der Waals surface area contributed by atoms with Crippen molar-refractivity contribution in [3.63, 3.8) is 0 Å². The quantitative estimate of drug-likeness (QED) is 0.887. The van der Waals surface area contributed by atoms with Gasteiger partial charge >= 0.3 is 6.36 Å². The number of carbonyl (C=O) groups excluding carboxylic acids is 1. The second kappa shape index (κ2) is 7.21. The van der Waals surface area contributed by atoms with Crippen LogP contribution in [0.15, 0.2) is 24.3 Å². The van der Waals surface area contributed by atoms with Gasteiger partial charge in [-0.05, 0) is 30.7 Å². The SMILES string of the molecule is C[C@@H]1C[C@H](C)C[NH+](CC(=O)Nc2ccc(OC(F)(F)F)cc2)C1. The van der Waals surface area contributed by atoms with Crippen molar-refractivity contribution >= 4 is 11.6 Å². The zero-order chi connectivity index (χ0) is 17.0. The molecule has 1 amide bonds. The Kier molecular flexibility index (Phi) is 5.51. The predicted molar refractivity (Wildman–Crippen MR) is 80.3 cm³/mol. The standard InChI is InChI=1S/C16H21F3N2O2/c1-11-7-12(2)9-21(8-11)10-15(22)20-13-3-5-14(6-4-13)23-16(17,18)19/h3-6,11-12H,7-10H2,1-2H3,(H,20,22)/p+1/t11-,12+. The van der Waals surface area contributed by atoms with Crippen LogP contribution in [-0.4, -0.2) is 31.9 Å². The molecule has 0 bridgehead atoms. The summed E-state index contributed by atoms with van der Waals surface area (Å²) in [6, 6.07) is 5.16. The molecule has 0 radical (unpaired) electrons. The molecule has 1 aromatic rings. The minimum atomic E-state index is -4.71. The molecule has 1 heterocycles. The number of alkyl halides is 3. The maximum absolute atomic E-state index is 12.1. The minimum absolute atomic E-state index is 0.134. The van der Waals surface area contributed by atoms with Crippen LogP contribution in [0.1, 0.15) is 20.3 Å². The summed E-state index contributed by atoms with van der Waals surface area (Å²) in [5, 5.41) is 2.71. The lowest BCUT2D eigenvalue weighted by Crippen LogP contribution is -3.15. The fourth-order valence-corrected chi connectivity index (χ4v) is 3.24. The Morgan fingerprint density at radius 2 is 1.78 bits per heavy atom. The summed E-state index contributed by atoms with van der Waals surface area (Å²) in [4.78, 5) is 13.3. The maximum Gasteiger partial charge on any atom is 0.573 e. The molecular formula is C16H22F3N2O2+. The molecule has 2 N–H and O–H groups in total. The van der Waals surface area contributed by atoms with Crippen molar-refractivity contribution < 1.29 is 27.6 Å². The van der Waals surface area contributed by atoms with Crippen LogP contribution in [0, 0.1) is 11.8 Å². The third kappa shape index (κ3) is 6.09. The molecule has 2 rings (SSSR count). The number of benzene rings is 1. The van der Waals surface area contributed by atoms with E-state index in [9.17, 15) is 18.0 Å². The van der Waals surface area contributed by atoms with E-state index in [-0.39, 0.29) is 11.7 Å². The van der Waals surface area contributed by atoms with Gasteiger partial charge in [0.25, 0.3) is 5.91 Å². The van der Waals surface area contributed by atoms with Gasteiger partial charge in [-0.1, -0.05) is 13.8 Å². The van der Waals surface area contributed by atoms with Gasteiger partial charge < -0.3 is 15.0 Å². The Hall–Kier alpha value is -1.76. The second-order valence-electron chi connectivity index (χ2n) is 6.40. The molecule has 1 aliphatic heterocycles. The number of rotatable bonds is 4. The number of anilines is 1. The topological polar surface area (TPSA) is 42.8 Å². The Balaban J connectivity index is 1.85. The summed E-state index contributed by atoms with van der Waals surface area (Å²) in [5.41, 5.74) is 0.460. The molecule has 1 saturated heterocycles. The van der Waals surface area contributed by atoms with Gasteiger partial charge in [-0.3, -0.25) is 4.79 Å². The molecule has 0 aromatic heterocycles. The molecule has 1 unspecified atom stereocenters. The van der Waals surface area contributed by atoms with E-state index in [1.54, 1.807) is 0 Å². The number of quaternary nitrogens is 1. The monoisotopic (exact) mass is 331 g/mol. The number of hydrogen-bond donors (Lipinski definition) is 2. The number of ether oxygens (including phenoxy) is 1. The van der Waals surface area contributed by atoms with E-state index in [4.69, 9.17) is 0 Å². The Labute approximate surface area is 133 Å². The van der Waals surface area contributed by atoms with Gasteiger partial charge in [0, 0.05) is 17.5 Å². The van der Waals surface area contributed by atoms with Gasteiger partial charge in [-0.15, -0.1) is 13.2 Å². The zero-order valence-electron chi connectivity index (χ0n) is 13.2. The highest BCUT2D eigenvalue weighted by Crippen LogP contribution is 2.23. The van der Waals surface area contributed by atoms with Crippen molar-refractivity contribution in [2.45, 2.75) is 26.6 Å². The fraction of sp³-hybridized carbons (Fsp3) is 0.562. The Bertz CT molecular complexity index is 521. The van der Waals surface area contributed by atoms with E-state index in [1.165, 1.54) is 35.6 Å². The minimum Gasteiger partial charge on any atom is -0.406 e. The zero-order valence-corrected chi connectivity index (χ0v) is 13.2. The first-order chi connectivity index (χ1) is 10.7. The van der Waals surface area contributed by atoms with Crippen LogP contribution in [0.25, 0.3) is 0 Å². The molecule has 1 aromatic carbocycles. The van der Waals surface area contributed by atoms with Gasteiger partial charge in [-0.2, -0.15) is 0 Å². The van der Waals surface area contributed by atoms with Crippen LogP contribution >= 0.6 is 0 Å². The average molecular weight is 331 g/mol. The lowest BCUT2D eigenvalue weighted by Gasteiger charge is -2.31. The first-order valence-electron chi connectivity index (χ1n) is 7.70. The Morgan fingerprint density at radius 3 is 2.30 bits per heavy atom. The van der Waals surface area contributed by atoms with Crippen molar-refractivity contribution in [1.82, 2.24) is 0 Å². The van der Waals surface area contributed by atoms with Crippen LogP contribution in [0.2, 0.25) is 0 Å². The van der Waals surface area contributed by atoms with Crippen LogP contribution in [-0.2, 0) is 4.79 Å². The van der Waals surface area contributed by atoms with Crippen LogP contribution in [0.5, 0.6) is 5.75 Å². The third-order valence-corrected chi connectivity index (χ3v) is 3.86.